The van der Waals surface area contributed by atoms with Crippen molar-refractivity contribution in [3.05, 3.63) is 95.6 Å². The van der Waals surface area contributed by atoms with E-state index < -0.39 is 6.10 Å². The zero-order valence-corrected chi connectivity index (χ0v) is 16.9. The summed E-state index contributed by atoms with van der Waals surface area (Å²) in [7, 11) is 1.73. The lowest BCUT2D eigenvalue weighted by Crippen LogP contribution is -2.46. The van der Waals surface area contributed by atoms with Gasteiger partial charge in [-0.2, -0.15) is 0 Å². The molecule has 1 heterocycles. The van der Waals surface area contributed by atoms with Gasteiger partial charge in [-0.05, 0) is 28.8 Å². The van der Waals surface area contributed by atoms with E-state index in [1.54, 1.807) is 7.11 Å². The predicted molar refractivity (Wildman–Crippen MR) is 117 cm³/mol. The van der Waals surface area contributed by atoms with E-state index in [4.69, 9.17) is 4.74 Å². The first-order valence-electron chi connectivity index (χ1n) is 10.2. The summed E-state index contributed by atoms with van der Waals surface area (Å²) in [6, 6.07) is 26.4. The summed E-state index contributed by atoms with van der Waals surface area (Å²) in [5.74, 6) is 0.934. The van der Waals surface area contributed by atoms with Gasteiger partial charge in [0.25, 0.3) is 0 Å². The molecule has 0 aliphatic carbocycles. The molecule has 0 spiro atoms. The SMILES string of the molecule is COc1ccccc1N1CCN(Cc2cccc(C(O)c3ccccc3)c2)CC1. The van der Waals surface area contributed by atoms with Crippen LogP contribution in [-0.2, 0) is 6.54 Å². The molecular formula is C25H28N2O2. The molecule has 150 valence electrons. The van der Waals surface area contributed by atoms with Crippen LogP contribution >= 0.6 is 0 Å². The van der Waals surface area contributed by atoms with Crippen molar-refractivity contribution in [2.75, 3.05) is 38.2 Å². The number of methoxy groups -OCH3 is 1. The van der Waals surface area contributed by atoms with Crippen molar-refractivity contribution in [2.24, 2.45) is 0 Å². The van der Waals surface area contributed by atoms with E-state index in [0.29, 0.717) is 0 Å². The average Bonchev–Trinajstić information content (AvgIpc) is 2.80. The van der Waals surface area contributed by atoms with Gasteiger partial charge < -0.3 is 14.7 Å². The lowest BCUT2D eigenvalue weighted by Gasteiger charge is -2.36. The molecule has 4 rings (SSSR count). The Morgan fingerprint density at radius 2 is 1.52 bits per heavy atom. The quantitative estimate of drug-likeness (QED) is 0.690. The molecule has 29 heavy (non-hydrogen) atoms. The smallest absolute Gasteiger partial charge is 0.142 e. The molecule has 1 saturated heterocycles. The van der Waals surface area contributed by atoms with Crippen LogP contribution < -0.4 is 9.64 Å². The molecule has 4 heteroatoms. The molecule has 3 aromatic rings. The minimum Gasteiger partial charge on any atom is -0.495 e. The molecule has 0 amide bonds. The second-order valence-corrected chi connectivity index (χ2v) is 7.49. The first-order chi connectivity index (χ1) is 14.2. The second-order valence-electron chi connectivity index (χ2n) is 7.49. The summed E-state index contributed by atoms with van der Waals surface area (Å²) in [5.41, 5.74) is 4.28. The second kappa shape index (κ2) is 9.12. The van der Waals surface area contributed by atoms with Crippen LogP contribution in [0.1, 0.15) is 22.8 Å². The zero-order valence-electron chi connectivity index (χ0n) is 16.9. The van der Waals surface area contributed by atoms with Gasteiger partial charge in [0.2, 0.25) is 0 Å². The summed E-state index contributed by atoms with van der Waals surface area (Å²) >= 11 is 0. The van der Waals surface area contributed by atoms with Crippen molar-refractivity contribution in [2.45, 2.75) is 12.6 Å². The summed E-state index contributed by atoms with van der Waals surface area (Å²) in [6.07, 6.45) is -0.585. The molecule has 1 aliphatic rings. The fourth-order valence-electron chi connectivity index (χ4n) is 3.99. The van der Waals surface area contributed by atoms with E-state index in [2.05, 4.69) is 34.1 Å². The lowest BCUT2D eigenvalue weighted by atomic mass is 9.99. The highest BCUT2D eigenvalue weighted by molar-refractivity contribution is 5.58. The first-order valence-corrected chi connectivity index (χ1v) is 10.2. The predicted octanol–water partition coefficient (Wildman–Crippen LogP) is 4.10. The Balaban J connectivity index is 1.39. The molecule has 3 aromatic carbocycles. The fourth-order valence-corrected chi connectivity index (χ4v) is 3.99. The maximum Gasteiger partial charge on any atom is 0.142 e. The van der Waals surface area contributed by atoms with E-state index >= 15 is 0 Å². The number of hydrogen-bond acceptors (Lipinski definition) is 4. The maximum absolute atomic E-state index is 10.7. The number of nitrogens with zero attached hydrogens (tertiary/aromatic N) is 2. The third kappa shape index (κ3) is 4.61. The molecule has 1 fully saturated rings. The molecular weight excluding hydrogens is 360 g/mol. The van der Waals surface area contributed by atoms with Crippen molar-refractivity contribution in [1.29, 1.82) is 0 Å². The van der Waals surface area contributed by atoms with Gasteiger partial charge >= 0.3 is 0 Å². The first kappa shape index (κ1) is 19.5. The van der Waals surface area contributed by atoms with Crippen LogP contribution in [0.2, 0.25) is 0 Å². The van der Waals surface area contributed by atoms with Gasteiger partial charge in [0.1, 0.15) is 11.9 Å². The number of aliphatic hydroxyl groups is 1. The highest BCUT2D eigenvalue weighted by Gasteiger charge is 2.20. The maximum atomic E-state index is 10.7. The van der Waals surface area contributed by atoms with E-state index in [-0.39, 0.29) is 0 Å². The third-order valence-electron chi connectivity index (χ3n) is 5.59. The van der Waals surface area contributed by atoms with Crippen LogP contribution in [0.15, 0.2) is 78.9 Å². The Hall–Kier alpha value is -2.82. The molecule has 1 unspecified atom stereocenters. The molecule has 1 N–H and O–H groups in total. The normalized spacial score (nSPS) is 15.9. The molecule has 1 aliphatic heterocycles. The van der Waals surface area contributed by atoms with Crippen molar-refractivity contribution < 1.29 is 9.84 Å². The van der Waals surface area contributed by atoms with Crippen LogP contribution in [0.3, 0.4) is 0 Å². The van der Waals surface area contributed by atoms with Gasteiger partial charge in [0.15, 0.2) is 0 Å². The highest BCUT2D eigenvalue weighted by Crippen LogP contribution is 2.29. The number of rotatable bonds is 6. The summed E-state index contributed by atoms with van der Waals surface area (Å²) < 4.78 is 5.51. The highest BCUT2D eigenvalue weighted by atomic mass is 16.5. The molecule has 1 atom stereocenters. The van der Waals surface area contributed by atoms with Crippen LogP contribution in [0.25, 0.3) is 0 Å². The topological polar surface area (TPSA) is 35.9 Å². The molecule has 0 bridgehead atoms. The lowest BCUT2D eigenvalue weighted by molar-refractivity contribution is 0.219. The van der Waals surface area contributed by atoms with Crippen LogP contribution in [0.4, 0.5) is 5.69 Å². The third-order valence-corrected chi connectivity index (χ3v) is 5.59. The number of hydrogen-bond donors (Lipinski definition) is 1. The number of para-hydroxylation sites is 2. The van der Waals surface area contributed by atoms with E-state index in [9.17, 15) is 5.11 Å². The van der Waals surface area contributed by atoms with Gasteiger partial charge in [-0.3, -0.25) is 4.90 Å². The minimum atomic E-state index is -0.585. The standard InChI is InChI=1S/C25H28N2O2/c1-29-24-13-6-5-12-23(24)27-16-14-26(15-17-27)19-20-8-7-11-22(18-20)25(28)21-9-3-2-4-10-21/h2-13,18,25,28H,14-17,19H2,1H3. The molecule has 0 saturated carbocycles. The Bertz CT molecular complexity index is 921. The Morgan fingerprint density at radius 3 is 2.28 bits per heavy atom. The van der Waals surface area contributed by atoms with Gasteiger partial charge in [0, 0.05) is 32.7 Å². The Kier molecular flexibility index (Phi) is 6.13. The van der Waals surface area contributed by atoms with Crippen LogP contribution in [0.5, 0.6) is 5.75 Å². The molecule has 4 nitrogen and oxygen atoms in total. The van der Waals surface area contributed by atoms with Gasteiger partial charge in [-0.15, -0.1) is 0 Å². The Labute approximate surface area is 173 Å². The summed E-state index contributed by atoms with van der Waals surface area (Å²) in [5, 5.41) is 10.7. The average molecular weight is 389 g/mol. The van der Waals surface area contributed by atoms with Crippen molar-refractivity contribution in [3.8, 4) is 5.75 Å². The Morgan fingerprint density at radius 1 is 0.828 bits per heavy atom. The minimum absolute atomic E-state index is 0.585. The van der Waals surface area contributed by atoms with Gasteiger partial charge in [-0.1, -0.05) is 66.7 Å². The van der Waals surface area contributed by atoms with Gasteiger partial charge in [0.05, 0.1) is 12.8 Å². The van der Waals surface area contributed by atoms with Gasteiger partial charge in [-0.25, -0.2) is 0 Å². The number of benzene rings is 3. The largest absolute Gasteiger partial charge is 0.495 e. The number of piperazine rings is 1. The summed E-state index contributed by atoms with van der Waals surface area (Å²) in [4.78, 5) is 4.87. The van der Waals surface area contributed by atoms with E-state index in [1.165, 1.54) is 11.3 Å². The van der Waals surface area contributed by atoms with Crippen LogP contribution in [0, 0.1) is 0 Å². The van der Waals surface area contributed by atoms with Crippen molar-refractivity contribution in [3.63, 3.8) is 0 Å². The summed E-state index contributed by atoms with van der Waals surface area (Å²) in [6.45, 7) is 4.86. The van der Waals surface area contributed by atoms with Crippen LogP contribution in [-0.4, -0.2) is 43.3 Å². The van der Waals surface area contributed by atoms with E-state index in [0.717, 1.165) is 49.6 Å². The molecule has 0 radical (unpaired) electrons. The zero-order chi connectivity index (χ0) is 20.1. The van der Waals surface area contributed by atoms with Crippen molar-refractivity contribution >= 4 is 5.69 Å². The monoisotopic (exact) mass is 388 g/mol. The number of ether oxygens (including phenoxy) is 1. The van der Waals surface area contributed by atoms with E-state index in [1.807, 2.05) is 54.6 Å². The number of anilines is 1. The number of aliphatic hydroxyl groups excluding tert-OH is 1. The van der Waals surface area contributed by atoms with Crippen molar-refractivity contribution in [1.82, 2.24) is 4.90 Å². The molecule has 0 aromatic heterocycles. The fraction of sp³-hybridized carbons (Fsp3) is 0.280.